The lowest BCUT2D eigenvalue weighted by Gasteiger charge is -2.11. The van der Waals surface area contributed by atoms with Crippen LogP contribution in [-0.2, 0) is 0 Å². The summed E-state index contributed by atoms with van der Waals surface area (Å²) in [5, 5.41) is 2.89. The van der Waals surface area contributed by atoms with Crippen LogP contribution in [0, 0.1) is 6.92 Å². The maximum absolute atomic E-state index is 11.8. The van der Waals surface area contributed by atoms with Crippen LogP contribution >= 0.6 is 0 Å². The average Bonchev–Trinajstić information content (AvgIpc) is 2.90. The lowest BCUT2D eigenvalue weighted by Crippen LogP contribution is -2.23. The van der Waals surface area contributed by atoms with E-state index in [0.717, 1.165) is 23.5 Å². The van der Waals surface area contributed by atoms with Crippen LogP contribution in [0.25, 0.3) is 0 Å². The molecular formula is C12H14N4O. The Bertz CT molecular complexity index is 554. The summed E-state index contributed by atoms with van der Waals surface area (Å²) in [7, 11) is 0. The standard InChI is InChI=1S/C12H14N4O/c1-7-15-6-10(16-7)8-2-5-14-12(17)11-9(8)3-4-13-11/h3-4,6,8,13H,2,5H2,1H3,(H,14,17)(H,15,16). The lowest BCUT2D eigenvalue weighted by molar-refractivity contribution is 0.0951. The highest BCUT2D eigenvalue weighted by Crippen LogP contribution is 2.30. The van der Waals surface area contributed by atoms with Gasteiger partial charge in [-0.05, 0) is 25.0 Å². The number of imidazole rings is 1. The highest BCUT2D eigenvalue weighted by atomic mass is 16.1. The highest BCUT2D eigenvalue weighted by molar-refractivity contribution is 5.94. The van der Waals surface area contributed by atoms with E-state index in [1.807, 2.05) is 25.4 Å². The van der Waals surface area contributed by atoms with Crippen molar-refractivity contribution in [2.24, 2.45) is 0 Å². The first-order chi connectivity index (χ1) is 8.25. The molecule has 1 atom stereocenters. The normalized spacial score (nSPS) is 19.6. The zero-order valence-corrected chi connectivity index (χ0v) is 9.58. The first-order valence-electron chi connectivity index (χ1n) is 5.72. The Morgan fingerprint density at radius 3 is 3.12 bits per heavy atom. The number of amides is 1. The van der Waals surface area contributed by atoms with Crippen molar-refractivity contribution >= 4 is 5.91 Å². The molecule has 88 valence electrons. The predicted molar refractivity (Wildman–Crippen MR) is 62.9 cm³/mol. The van der Waals surface area contributed by atoms with Gasteiger partial charge >= 0.3 is 0 Å². The number of rotatable bonds is 1. The van der Waals surface area contributed by atoms with Crippen molar-refractivity contribution in [3.8, 4) is 0 Å². The summed E-state index contributed by atoms with van der Waals surface area (Å²) < 4.78 is 0. The molecule has 1 aliphatic heterocycles. The molecule has 3 N–H and O–H groups in total. The highest BCUT2D eigenvalue weighted by Gasteiger charge is 2.26. The second-order valence-electron chi connectivity index (χ2n) is 4.33. The van der Waals surface area contributed by atoms with Crippen molar-refractivity contribution in [2.45, 2.75) is 19.3 Å². The van der Waals surface area contributed by atoms with E-state index in [0.29, 0.717) is 12.2 Å². The van der Waals surface area contributed by atoms with E-state index in [2.05, 4.69) is 20.3 Å². The summed E-state index contributed by atoms with van der Waals surface area (Å²) in [6.07, 6.45) is 4.55. The molecule has 5 nitrogen and oxygen atoms in total. The molecule has 0 bridgehead atoms. The first-order valence-corrected chi connectivity index (χ1v) is 5.72. The lowest BCUT2D eigenvalue weighted by atomic mass is 9.94. The number of fused-ring (bicyclic) bond motifs is 1. The number of aromatic amines is 2. The van der Waals surface area contributed by atoms with Gasteiger partial charge in [-0.25, -0.2) is 4.98 Å². The summed E-state index contributed by atoms with van der Waals surface area (Å²) in [5.41, 5.74) is 2.78. The molecule has 1 unspecified atom stereocenters. The van der Waals surface area contributed by atoms with Crippen molar-refractivity contribution in [2.75, 3.05) is 6.54 Å². The average molecular weight is 230 g/mol. The molecule has 0 saturated heterocycles. The molecule has 0 fully saturated rings. The molecule has 3 rings (SSSR count). The smallest absolute Gasteiger partial charge is 0.268 e. The number of aromatic nitrogens is 3. The summed E-state index contributed by atoms with van der Waals surface area (Å²) in [6, 6.07) is 1.97. The zero-order chi connectivity index (χ0) is 11.8. The molecule has 0 saturated carbocycles. The molecule has 1 amide bonds. The number of nitrogens with one attached hydrogen (secondary N) is 3. The van der Waals surface area contributed by atoms with E-state index in [-0.39, 0.29) is 11.8 Å². The third-order valence-electron chi connectivity index (χ3n) is 3.20. The molecule has 0 aliphatic carbocycles. The number of hydrogen-bond donors (Lipinski definition) is 3. The van der Waals surface area contributed by atoms with Crippen molar-refractivity contribution in [1.82, 2.24) is 20.3 Å². The maximum Gasteiger partial charge on any atom is 0.268 e. The van der Waals surface area contributed by atoms with Crippen LogP contribution in [-0.4, -0.2) is 27.4 Å². The molecule has 1 aliphatic rings. The van der Waals surface area contributed by atoms with Crippen molar-refractivity contribution in [1.29, 1.82) is 0 Å². The fourth-order valence-electron chi connectivity index (χ4n) is 2.38. The monoisotopic (exact) mass is 230 g/mol. The number of hydrogen-bond acceptors (Lipinski definition) is 2. The van der Waals surface area contributed by atoms with Gasteiger partial charge in [-0.2, -0.15) is 0 Å². The van der Waals surface area contributed by atoms with Gasteiger partial charge in [0.25, 0.3) is 5.91 Å². The maximum atomic E-state index is 11.8. The van der Waals surface area contributed by atoms with Gasteiger partial charge in [0, 0.05) is 30.6 Å². The SMILES string of the molecule is Cc1ncc(C2CCNC(=O)c3[nH]ccc32)[nH]1. The predicted octanol–water partition coefficient (Wildman–Crippen LogP) is 1.31. The number of carbonyl (C=O) groups is 1. The van der Waals surface area contributed by atoms with Crippen LogP contribution in [0.15, 0.2) is 18.5 Å². The van der Waals surface area contributed by atoms with Crippen LogP contribution in [0.1, 0.15) is 39.9 Å². The minimum atomic E-state index is -0.0243. The molecular weight excluding hydrogens is 216 g/mol. The minimum Gasteiger partial charge on any atom is -0.357 e. The summed E-state index contributed by atoms with van der Waals surface area (Å²) in [6.45, 7) is 2.62. The summed E-state index contributed by atoms with van der Waals surface area (Å²) in [5.74, 6) is 1.08. The van der Waals surface area contributed by atoms with Gasteiger partial charge in [0.05, 0.1) is 0 Å². The Kier molecular flexibility index (Phi) is 2.24. The van der Waals surface area contributed by atoms with Gasteiger partial charge in [0.2, 0.25) is 0 Å². The Morgan fingerprint density at radius 1 is 1.47 bits per heavy atom. The third kappa shape index (κ3) is 1.63. The van der Waals surface area contributed by atoms with E-state index in [1.54, 1.807) is 0 Å². The quantitative estimate of drug-likeness (QED) is 0.691. The molecule has 2 aromatic rings. The van der Waals surface area contributed by atoms with Crippen molar-refractivity contribution in [3.05, 3.63) is 41.2 Å². The number of nitrogens with zero attached hydrogens (tertiary/aromatic N) is 1. The second-order valence-corrected chi connectivity index (χ2v) is 4.33. The Labute approximate surface area is 98.7 Å². The molecule has 0 radical (unpaired) electrons. The van der Waals surface area contributed by atoms with Gasteiger partial charge in [0.1, 0.15) is 11.5 Å². The summed E-state index contributed by atoms with van der Waals surface area (Å²) >= 11 is 0. The van der Waals surface area contributed by atoms with Crippen molar-refractivity contribution in [3.63, 3.8) is 0 Å². The molecule has 5 heteroatoms. The fourth-order valence-corrected chi connectivity index (χ4v) is 2.38. The number of aryl methyl sites for hydroxylation is 1. The first kappa shape index (κ1) is 10.1. The van der Waals surface area contributed by atoms with Gasteiger partial charge in [-0.15, -0.1) is 0 Å². The molecule has 2 aromatic heterocycles. The second kappa shape index (κ2) is 3.76. The molecule has 0 aromatic carbocycles. The Morgan fingerprint density at radius 2 is 2.35 bits per heavy atom. The topological polar surface area (TPSA) is 73.6 Å². The van der Waals surface area contributed by atoms with Crippen molar-refractivity contribution < 1.29 is 4.79 Å². The van der Waals surface area contributed by atoms with Crippen LogP contribution < -0.4 is 5.32 Å². The molecule has 3 heterocycles. The molecule has 17 heavy (non-hydrogen) atoms. The fraction of sp³-hybridized carbons (Fsp3) is 0.333. The van der Waals surface area contributed by atoms with Crippen LogP contribution in [0.4, 0.5) is 0 Å². The third-order valence-corrected chi connectivity index (χ3v) is 3.20. The van der Waals surface area contributed by atoms with Crippen LogP contribution in [0.3, 0.4) is 0 Å². The van der Waals surface area contributed by atoms with E-state index >= 15 is 0 Å². The summed E-state index contributed by atoms with van der Waals surface area (Å²) in [4.78, 5) is 22.3. The largest absolute Gasteiger partial charge is 0.357 e. The minimum absolute atomic E-state index is 0.0243. The Balaban J connectivity index is 2.07. The molecule has 0 spiro atoms. The number of carbonyl (C=O) groups excluding carboxylic acids is 1. The Hall–Kier alpha value is -2.04. The van der Waals surface area contributed by atoms with E-state index in [4.69, 9.17) is 0 Å². The van der Waals surface area contributed by atoms with E-state index in [9.17, 15) is 4.79 Å². The van der Waals surface area contributed by atoms with E-state index in [1.165, 1.54) is 0 Å². The van der Waals surface area contributed by atoms with Gasteiger partial charge < -0.3 is 15.3 Å². The van der Waals surface area contributed by atoms with Crippen LogP contribution in [0.5, 0.6) is 0 Å². The van der Waals surface area contributed by atoms with E-state index < -0.39 is 0 Å². The van der Waals surface area contributed by atoms with Crippen LogP contribution in [0.2, 0.25) is 0 Å². The van der Waals surface area contributed by atoms with Gasteiger partial charge in [0.15, 0.2) is 0 Å². The van der Waals surface area contributed by atoms with Gasteiger partial charge in [-0.3, -0.25) is 4.79 Å². The zero-order valence-electron chi connectivity index (χ0n) is 9.58. The van der Waals surface area contributed by atoms with Gasteiger partial charge in [-0.1, -0.05) is 0 Å². The number of H-pyrrole nitrogens is 2.